The molecule has 21 heavy (non-hydrogen) atoms. The molecule has 1 atom stereocenters. The number of morpholine rings is 1. The van der Waals surface area contributed by atoms with Crippen LogP contribution in [0.5, 0.6) is 0 Å². The summed E-state index contributed by atoms with van der Waals surface area (Å²) in [6.45, 7) is 8.96. The van der Waals surface area contributed by atoms with E-state index in [1.807, 2.05) is 11.9 Å². The molecule has 0 radical (unpaired) electrons. The van der Waals surface area contributed by atoms with Gasteiger partial charge in [-0.25, -0.2) is 0 Å². The second-order valence-corrected chi connectivity index (χ2v) is 7.01. The molecule has 1 aliphatic carbocycles. The van der Waals surface area contributed by atoms with Crippen molar-refractivity contribution in [2.45, 2.75) is 38.8 Å². The molecule has 1 saturated heterocycles. The molecule has 0 aromatic carbocycles. The minimum absolute atomic E-state index is 0.163. The molecule has 5 heteroatoms. The molecule has 0 spiro atoms. The molecule has 0 bridgehead atoms. The minimum atomic E-state index is 0.163. The third-order valence-electron chi connectivity index (χ3n) is 4.54. The highest BCUT2D eigenvalue weighted by molar-refractivity contribution is 5.78. The van der Waals surface area contributed by atoms with Gasteiger partial charge in [-0.05, 0) is 46.7 Å². The van der Waals surface area contributed by atoms with Crippen LogP contribution < -0.4 is 0 Å². The van der Waals surface area contributed by atoms with Gasteiger partial charge in [0.1, 0.15) is 0 Å². The second kappa shape index (κ2) is 7.56. The van der Waals surface area contributed by atoms with Crippen LogP contribution in [-0.2, 0) is 9.53 Å². The highest BCUT2D eigenvalue weighted by Crippen LogP contribution is 2.29. The van der Waals surface area contributed by atoms with Gasteiger partial charge in [-0.3, -0.25) is 9.69 Å². The van der Waals surface area contributed by atoms with E-state index < -0.39 is 0 Å². The number of nitrogens with zero attached hydrogens (tertiary/aromatic N) is 3. The predicted molar refractivity (Wildman–Crippen MR) is 84.3 cm³/mol. The van der Waals surface area contributed by atoms with Crippen molar-refractivity contribution in [3.05, 3.63) is 0 Å². The summed E-state index contributed by atoms with van der Waals surface area (Å²) in [5, 5.41) is 0. The maximum absolute atomic E-state index is 12.3. The van der Waals surface area contributed by atoms with E-state index in [0.717, 1.165) is 25.6 Å². The molecule has 1 heterocycles. The van der Waals surface area contributed by atoms with Crippen molar-refractivity contribution in [1.29, 1.82) is 0 Å². The van der Waals surface area contributed by atoms with Gasteiger partial charge in [0.05, 0.1) is 19.3 Å². The molecule has 0 aromatic rings. The quantitative estimate of drug-likeness (QED) is 0.699. The Hall–Kier alpha value is -0.650. The number of rotatable bonds is 7. The lowest BCUT2D eigenvalue weighted by molar-refractivity contribution is -0.140. The second-order valence-electron chi connectivity index (χ2n) is 7.01. The van der Waals surface area contributed by atoms with Crippen LogP contribution in [0.2, 0.25) is 0 Å². The highest BCUT2D eigenvalue weighted by Gasteiger charge is 2.28. The molecule has 0 N–H and O–H groups in total. The van der Waals surface area contributed by atoms with E-state index in [1.165, 1.54) is 19.4 Å². The summed E-state index contributed by atoms with van der Waals surface area (Å²) < 4.78 is 5.83. The first-order chi connectivity index (χ1) is 9.95. The summed E-state index contributed by atoms with van der Waals surface area (Å²) in [6, 6.07) is 0.399. The van der Waals surface area contributed by atoms with Gasteiger partial charge in [0.25, 0.3) is 0 Å². The Morgan fingerprint density at radius 2 is 2.00 bits per heavy atom. The first-order valence-electron chi connectivity index (χ1n) is 8.24. The Kier molecular flexibility index (Phi) is 6.02. The molecule has 2 rings (SSSR count). The SMILES string of the molecule is CC(C)N(C)CC(=O)N1CCOC(CN(C)CC2CC2)C1. The molecular formula is C16H31N3O2. The highest BCUT2D eigenvalue weighted by atomic mass is 16.5. The van der Waals surface area contributed by atoms with E-state index in [1.54, 1.807) is 0 Å². The third-order valence-corrected chi connectivity index (χ3v) is 4.54. The summed E-state index contributed by atoms with van der Waals surface area (Å²) in [5.74, 6) is 1.13. The van der Waals surface area contributed by atoms with Gasteiger partial charge >= 0.3 is 0 Å². The van der Waals surface area contributed by atoms with Crippen molar-refractivity contribution < 1.29 is 9.53 Å². The summed E-state index contributed by atoms with van der Waals surface area (Å²) in [6.07, 6.45) is 2.92. The van der Waals surface area contributed by atoms with Crippen LogP contribution in [0.4, 0.5) is 0 Å². The largest absolute Gasteiger partial charge is 0.373 e. The molecule has 1 amide bonds. The number of hydrogen-bond acceptors (Lipinski definition) is 4. The molecule has 2 aliphatic rings. The molecule has 122 valence electrons. The van der Waals surface area contributed by atoms with Gasteiger partial charge in [0.15, 0.2) is 0 Å². The normalized spacial score (nSPS) is 23.4. The number of carbonyl (C=O) groups is 1. The van der Waals surface area contributed by atoms with E-state index in [4.69, 9.17) is 4.74 Å². The molecule has 2 fully saturated rings. The first kappa shape index (κ1) is 16.7. The number of carbonyl (C=O) groups excluding carboxylic acids is 1. The van der Waals surface area contributed by atoms with Crippen LogP contribution in [0.3, 0.4) is 0 Å². The van der Waals surface area contributed by atoms with Gasteiger partial charge in [-0.1, -0.05) is 0 Å². The van der Waals surface area contributed by atoms with E-state index >= 15 is 0 Å². The fourth-order valence-corrected chi connectivity index (χ4v) is 2.72. The molecule has 0 aromatic heterocycles. The standard InChI is InChI=1S/C16H31N3O2/c1-13(2)18(4)12-16(20)19-7-8-21-15(11-19)10-17(3)9-14-5-6-14/h13-15H,5-12H2,1-4H3. The summed E-state index contributed by atoms with van der Waals surface area (Å²) in [4.78, 5) is 18.8. The Morgan fingerprint density at radius 1 is 1.29 bits per heavy atom. The summed E-state index contributed by atoms with van der Waals surface area (Å²) in [7, 11) is 4.17. The maximum Gasteiger partial charge on any atom is 0.236 e. The van der Waals surface area contributed by atoms with Gasteiger partial charge in [0, 0.05) is 32.2 Å². The predicted octanol–water partition coefficient (Wildman–Crippen LogP) is 0.896. The van der Waals surface area contributed by atoms with E-state index in [-0.39, 0.29) is 12.0 Å². The van der Waals surface area contributed by atoms with Crippen molar-refractivity contribution in [2.75, 3.05) is 53.4 Å². The van der Waals surface area contributed by atoms with E-state index in [0.29, 0.717) is 19.2 Å². The molecule has 1 saturated carbocycles. The van der Waals surface area contributed by atoms with Crippen molar-refractivity contribution in [2.24, 2.45) is 5.92 Å². The molecule has 1 aliphatic heterocycles. The average Bonchev–Trinajstić information content (AvgIpc) is 3.22. The Morgan fingerprint density at radius 3 is 2.62 bits per heavy atom. The Labute approximate surface area is 129 Å². The van der Waals surface area contributed by atoms with Gasteiger partial charge in [0.2, 0.25) is 5.91 Å². The topological polar surface area (TPSA) is 36.0 Å². The van der Waals surface area contributed by atoms with Crippen molar-refractivity contribution in [3.63, 3.8) is 0 Å². The summed E-state index contributed by atoms with van der Waals surface area (Å²) >= 11 is 0. The Bertz CT molecular complexity index is 344. The van der Waals surface area contributed by atoms with Crippen molar-refractivity contribution in [3.8, 4) is 0 Å². The van der Waals surface area contributed by atoms with Crippen molar-refractivity contribution >= 4 is 5.91 Å². The molecular weight excluding hydrogens is 266 g/mol. The zero-order valence-corrected chi connectivity index (χ0v) is 14.0. The summed E-state index contributed by atoms with van der Waals surface area (Å²) in [5.41, 5.74) is 0. The number of likely N-dealkylation sites (N-methyl/N-ethyl adjacent to an activating group) is 2. The van der Waals surface area contributed by atoms with Crippen LogP contribution >= 0.6 is 0 Å². The van der Waals surface area contributed by atoms with Gasteiger partial charge in [-0.2, -0.15) is 0 Å². The number of ether oxygens (including phenoxy) is 1. The van der Waals surface area contributed by atoms with Crippen LogP contribution in [0.1, 0.15) is 26.7 Å². The monoisotopic (exact) mass is 297 g/mol. The van der Waals surface area contributed by atoms with Crippen LogP contribution in [0.15, 0.2) is 0 Å². The molecule has 1 unspecified atom stereocenters. The zero-order chi connectivity index (χ0) is 15.4. The number of hydrogen-bond donors (Lipinski definition) is 0. The fourth-order valence-electron chi connectivity index (χ4n) is 2.72. The van der Waals surface area contributed by atoms with E-state index in [9.17, 15) is 4.79 Å². The Balaban J connectivity index is 1.75. The average molecular weight is 297 g/mol. The molecule has 5 nitrogen and oxygen atoms in total. The maximum atomic E-state index is 12.3. The first-order valence-corrected chi connectivity index (χ1v) is 8.24. The van der Waals surface area contributed by atoms with Crippen LogP contribution in [0, 0.1) is 5.92 Å². The lowest BCUT2D eigenvalue weighted by Crippen LogP contribution is -2.51. The van der Waals surface area contributed by atoms with Crippen molar-refractivity contribution in [1.82, 2.24) is 14.7 Å². The minimum Gasteiger partial charge on any atom is -0.373 e. The zero-order valence-electron chi connectivity index (χ0n) is 14.0. The van der Waals surface area contributed by atoms with Crippen LogP contribution in [0.25, 0.3) is 0 Å². The van der Waals surface area contributed by atoms with Gasteiger partial charge in [-0.15, -0.1) is 0 Å². The smallest absolute Gasteiger partial charge is 0.236 e. The lowest BCUT2D eigenvalue weighted by Gasteiger charge is -2.36. The van der Waals surface area contributed by atoms with Gasteiger partial charge < -0.3 is 14.5 Å². The lowest BCUT2D eigenvalue weighted by atomic mass is 10.2. The van der Waals surface area contributed by atoms with E-state index in [2.05, 4.69) is 30.7 Å². The third kappa shape index (κ3) is 5.57. The number of amides is 1. The fraction of sp³-hybridized carbons (Fsp3) is 0.938. The van der Waals surface area contributed by atoms with Crippen LogP contribution in [-0.4, -0.2) is 86.2 Å².